The second kappa shape index (κ2) is 7.83. The molecule has 4 N–H and O–H groups in total. The molecule has 3 aromatic rings. The van der Waals surface area contributed by atoms with Crippen molar-refractivity contribution < 1.29 is 20.4 Å². The third kappa shape index (κ3) is 4.93. The van der Waals surface area contributed by atoms with Crippen LogP contribution in [0.5, 0.6) is 23.0 Å². The van der Waals surface area contributed by atoms with Gasteiger partial charge in [0.2, 0.25) is 0 Å². The summed E-state index contributed by atoms with van der Waals surface area (Å²) in [5.41, 5.74) is 4.15. The molecule has 3 rings (SSSR count). The van der Waals surface area contributed by atoms with E-state index in [0.29, 0.717) is 0 Å². The third-order valence-electron chi connectivity index (χ3n) is 4.32. The maximum Gasteiger partial charge on any atom is 0.119 e. The van der Waals surface area contributed by atoms with Gasteiger partial charge in [0.1, 0.15) is 23.0 Å². The Morgan fingerprint density at radius 2 is 0.769 bits per heavy atom. The van der Waals surface area contributed by atoms with Gasteiger partial charge in [-0.15, -0.1) is 0 Å². The van der Waals surface area contributed by atoms with E-state index in [-0.39, 0.29) is 23.0 Å². The average molecular weight is 350 g/mol. The number of phenols is 4. The fourth-order valence-electron chi connectivity index (χ4n) is 3.12. The van der Waals surface area contributed by atoms with Crippen molar-refractivity contribution in [1.82, 2.24) is 0 Å². The lowest BCUT2D eigenvalue weighted by Gasteiger charge is -2.08. The Morgan fingerprint density at radius 1 is 0.423 bits per heavy atom. The van der Waals surface area contributed by atoms with E-state index in [1.54, 1.807) is 24.3 Å². The molecule has 0 spiro atoms. The van der Waals surface area contributed by atoms with E-state index in [2.05, 4.69) is 18.2 Å². The zero-order chi connectivity index (χ0) is 18.5. The van der Waals surface area contributed by atoms with E-state index < -0.39 is 0 Å². The molecule has 3 aromatic carbocycles. The van der Waals surface area contributed by atoms with E-state index in [0.717, 1.165) is 36.8 Å². The van der Waals surface area contributed by atoms with E-state index in [1.807, 2.05) is 6.07 Å². The van der Waals surface area contributed by atoms with Crippen molar-refractivity contribution in [1.29, 1.82) is 0 Å². The molecule has 0 radical (unpaired) electrons. The minimum Gasteiger partial charge on any atom is -0.508 e. The summed E-state index contributed by atoms with van der Waals surface area (Å²) in [6, 6.07) is 17.6. The molecule has 0 heterocycles. The van der Waals surface area contributed by atoms with Crippen molar-refractivity contribution in [3.8, 4) is 23.0 Å². The second-order valence-electron chi connectivity index (χ2n) is 6.54. The predicted octanol–water partition coefficient (Wildman–Crippen LogP) is 4.08. The molecule has 0 aliphatic heterocycles. The fraction of sp³-hybridized carbons (Fsp3) is 0.182. The Hall–Kier alpha value is -3.14. The van der Waals surface area contributed by atoms with Gasteiger partial charge in [-0.2, -0.15) is 0 Å². The molecule has 134 valence electrons. The van der Waals surface area contributed by atoms with Crippen LogP contribution >= 0.6 is 0 Å². The Balaban J connectivity index is 1.62. The van der Waals surface area contributed by atoms with Gasteiger partial charge in [-0.05, 0) is 72.2 Å². The van der Waals surface area contributed by atoms with Gasteiger partial charge in [-0.25, -0.2) is 0 Å². The lowest BCUT2D eigenvalue weighted by molar-refractivity contribution is 0.448. The normalized spacial score (nSPS) is 10.8. The molecule has 4 heteroatoms. The second-order valence-corrected chi connectivity index (χ2v) is 6.54. The summed E-state index contributed by atoms with van der Waals surface area (Å²) in [7, 11) is 0. The molecule has 0 aliphatic rings. The quantitative estimate of drug-likeness (QED) is 0.540. The molecule has 0 fully saturated rings. The van der Waals surface area contributed by atoms with Crippen molar-refractivity contribution in [2.75, 3.05) is 0 Å². The van der Waals surface area contributed by atoms with Crippen LogP contribution in [0.4, 0.5) is 0 Å². The SMILES string of the molecule is Oc1cc(O)cc(CCc2cccc(CCc3cc(O)cc(O)c3)c2)c1. The maximum absolute atomic E-state index is 9.56. The van der Waals surface area contributed by atoms with Crippen LogP contribution in [0.25, 0.3) is 0 Å². The maximum atomic E-state index is 9.56. The lowest BCUT2D eigenvalue weighted by Crippen LogP contribution is -1.95. The molecule has 0 unspecified atom stereocenters. The number of benzene rings is 3. The van der Waals surface area contributed by atoms with Crippen LogP contribution in [0, 0.1) is 0 Å². The molecule has 26 heavy (non-hydrogen) atoms. The van der Waals surface area contributed by atoms with E-state index >= 15 is 0 Å². The highest BCUT2D eigenvalue weighted by molar-refractivity contribution is 5.38. The minimum absolute atomic E-state index is 0.0723. The highest BCUT2D eigenvalue weighted by atomic mass is 16.3. The van der Waals surface area contributed by atoms with Crippen molar-refractivity contribution >= 4 is 0 Å². The van der Waals surface area contributed by atoms with Gasteiger partial charge >= 0.3 is 0 Å². The number of aryl methyl sites for hydroxylation is 4. The minimum atomic E-state index is 0.0723. The summed E-state index contributed by atoms with van der Waals surface area (Å²) >= 11 is 0. The van der Waals surface area contributed by atoms with Crippen molar-refractivity contribution in [2.45, 2.75) is 25.7 Å². The Morgan fingerprint density at radius 3 is 1.15 bits per heavy atom. The summed E-state index contributed by atoms with van der Waals surface area (Å²) in [5, 5.41) is 38.2. The summed E-state index contributed by atoms with van der Waals surface area (Å²) in [5.74, 6) is 0.289. The molecule has 0 saturated heterocycles. The molecule has 0 aromatic heterocycles. The topological polar surface area (TPSA) is 80.9 Å². The number of rotatable bonds is 6. The summed E-state index contributed by atoms with van der Waals surface area (Å²) in [4.78, 5) is 0. The van der Waals surface area contributed by atoms with E-state index in [4.69, 9.17) is 0 Å². The Labute approximate surface area is 152 Å². The molecule has 0 bridgehead atoms. The summed E-state index contributed by atoms with van der Waals surface area (Å²) < 4.78 is 0. The fourth-order valence-corrected chi connectivity index (χ4v) is 3.12. The zero-order valence-electron chi connectivity index (χ0n) is 14.4. The summed E-state index contributed by atoms with van der Waals surface area (Å²) in [6.45, 7) is 0. The molecular formula is C22H22O4. The first-order valence-corrected chi connectivity index (χ1v) is 8.59. The van der Waals surface area contributed by atoms with Crippen LogP contribution in [-0.4, -0.2) is 20.4 Å². The molecular weight excluding hydrogens is 328 g/mol. The molecule has 0 aliphatic carbocycles. The molecule has 0 atom stereocenters. The van der Waals surface area contributed by atoms with Gasteiger partial charge in [0.15, 0.2) is 0 Å². The first kappa shape index (κ1) is 17.7. The number of hydrogen-bond donors (Lipinski definition) is 4. The molecule has 4 nitrogen and oxygen atoms in total. The van der Waals surface area contributed by atoms with Crippen molar-refractivity contribution in [3.05, 3.63) is 82.9 Å². The van der Waals surface area contributed by atoms with Crippen LogP contribution in [-0.2, 0) is 25.7 Å². The highest BCUT2D eigenvalue weighted by Gasteiger charge is 2.04. The Kier molecular flexibility index (Phi) is 5.32. The van der Waals surface area contributed by atoms with Gasteiger partial charge in [0.05, 0.1) is 0 Å². The van der Waals surface area contributed by atoms with Gasteiger partial charge in [0.25, 0.3) is 0 Å². The van der Waals surface area contributed by atoms with Gasteiger partial charge in [0, 0.05) is 12.1 Å². The van der Waals surface area contributed by atoms with Crippen molar-refractivity contribution in [3.63, 3.8) is 0 Å². The van der Waals surface area contributed by atoms with Gasteiger partial charge in [-0.3, -0.25) is 0 Å². The van der Waals surface area contributed by atoms with Crippen LogP contribution in [0.1, 0.15) is 22.3 Å². The smallest absolute Gasteiger partial charge is 0.119 e. The summed E-state index contributed by atoms with van der Waals surface area (Å²) in [6.07, 6.45) is 3.07. The first-order chi connectivity index (χ1) is 12.5. The average Bonchev–Trinajstić information content (AvgIpc) is 2.57. The predicted molar refractivity (Wildman–Crippen MR) is 101 cm³/mol. The highest BCUT2D eigenvalue weighted by Crippen LogP contribution is 2.23. The van der Waals surface area contributed by atoms with Gasteiger partial charge in [-0.1, -0.05) is 24.3 Å². The third-order valence-corrected chi connectivity index (χ3v) is 4.32. The van der Waals surface area contributed by atoms with Crippen LogP contribution in [0.2, 0.25) is 0 Å². The zero-order valence-corrected chi connectivity index (χ0v) is 14.4. The van der Waals surface area contributed by atoms with Crippen LogP contribution in [0.15, 0.2) is 60.7 Å². The molecule has 0 amide bonds. The standard InChI is InChI=1S/C22H22O4/c23-19-9-17(10-20(24)13-19)6-4-15-2-1-3-16(8-15)5-7-18-11-21(25)14-22(26)12-18/h1-3,8-14,23-26H,4-7H2. The largest absolute Gasteiger partial charge is 0.508 e. The van der Waals surface area contributed by atoms with Crippen LogP contribution in [0.3, 0.4) is 0 Å². The van der Waals surface area contributed by atoms with E-state index in [1.165, 1.54) is 23.3 Å². The Bertz CT molecular complexity index is 791. The van der Waals surface area contributed by atoms with Crippen molar-refractivity contribution in [2.24, 2.45) is 0 Å². The number of hydrogen-bond acceptors (Lipinski definition) is 4. The first-order valence-electron chi connectivity index (χ1n) is 8.59. The number of aromatic hydroxyl groups is 4. The van der Waals surface area contributed by atoms with Gasteiger partial charge < -0.3 is 20.4 Å². The molecule has 0 saturated carbocycles. The lowest BCUT2D eigenvalue weighted by atomic mass is 9.99. The monoisotopic (exact) mass is 350 g/mol. The van der Waals surface area contributed by atoms with Crippen LogP contribution < -0.4 is 0 Å². The number of phenolic OH excluding ortho intramolecular Hbond substituents is 4. The van der Waals surface area contributed by atoms with E-state index in [9.17, 15) is 20.4 Å².